The summed E-state index contributed by atoms with van der Waals surface area (Å²) in [6.07, 6.45) is 4.81. The first kappa shape index (κ1) is 22.4. The molecule has 3 atom stereocenters. The largest absolute Gasteiger partial charge is 0.489 e. The Labute approximate surface area is 198 Å². The highest BCUT2D eigenvalue weighted by Crippen LogP contribution is 2.48. The SMILES string of the molecule is COc1cc(-c2ccc(CC3Cc4ccc(C(C5CC5)C(C)C(=O)O)cc4O3)c(F)c2)ccn1. The van der Waals surface area contributed by atoms with Crippen LogP contribution in [0.25, 0.3) is 11.1 Å². The molecule has 5 rings (SSSR count). The lowest BCUT2D eigenvalue weighted by atomic mass is 9.83. The number of carboxylic acids is 1. The Morgan fingerprint density at radius 3 is 2.68 bits per heavy atom. The smallest absolute Gasteiger partial charge is 0.306 e. The van der Waals surface area contributed by atoms with Gasteiger partial charge in [-0.1, -0.05) is 31.2 Å². The number of methoxy groups -OCH3 is 1. The fourth-order valence-corrected chi connectivity index (χ4v) is 5.05. The maximum atomic E-state index is 15.0. The van der Waals surface area contributed by atoms with Crippen molar-refractivity contribution in [3.8, 4) is 22.8 Å². The molecule has 176 valence electrons. The first-order chi connectivity index (χ1) is 16.4. The predicted octanol–water partition coefficient (Wildman–Crippen LogP) is 5.66. The molecule has 3 aromatic rings. The first-order valence-electron chi connectivity index (χ1n) is 11.7. The van der Waals surface area contributed by atoms with Crippen LogP contribution in [0.5, 0.6) is 11.6 Å². The summed E-state index contributed by atoms with van der Waals surface area (Å²) in [5.41, 5.74) is 4.33. The van der Waals surface area contributed by atoms with Crippen LogP contribution in [0.15, 0.2) is 54.7 Å². The Kier molecular flexibility index (Phi) is 5.98. The second-order valence-electron chi connectivity index (χ2n) is 9.40. The van der Waals surface area contributed by atoms with Crippen molar-refractivity contribution in [1.82, 2.24) is 4.98 Å². The van der Waals surface area contributed by atoms with Gasteiger partial charge in [0, 0.05) is 25.1 Å². The number of aromatic nitrogens is 1. The lowest BCUT2D eigenvalue weighted by Gasteiger charge is -2.21. The van der Waals surface area contributed by atoms with E-state index in [-0.39, 0.29) is 17.8 Å². The average Bonchev–Trinajstić information content (AvgIpc) is 3.59. The van der Waals surface area contributed by atoms with Crippen molar-refractivity contribution in [1.29, 1.82) is 0 Å². The van der Waals surface area contributed by atoms with E-state index in [0.29, 0.717) is 30.2 Å². The number of carbonyl (C=O) groups is 1. The van der Waals surface area contributed by atoms with Gasteiger partial charge >= 0.3 is 5.97 Å². The van der Waals surface area contributed by atoms with Gasteiger partial charge < -0.3 is 14.6 Å². The highest BCUT2D eigenvalue weighted by molar-refractivity contribution is 5.71. The summed E-state index contributed by atoms with van der Waals surface area (Å²) >= 11 is 0. The van der Waals surface area contributed by atoms with Gasteiger partial charge in [-0.15, -0.1) is 0 Å². The van der Waals surface area contributed by atoms with Gasteiger partial charge in [-0.3, -0.25) is 4.79 Å². The number of hydrogen-bond acceptors (Lipinski definition) is 4. The summed E-state index contributed by atoms with van der Waals surface area (Å²) in [5.74, 6) is 0.247. The van der Waals surface area contributed by atoms with Gasteiger partial charge in [0.25, 0.3) is 0 Å². The Balaban J connectivity index is 1.30. The van der Waals surface area contributed by atoms with Gasteiger partial charge in [0.05, 0.1) is 13.0 Å². The number of aliphatic carboxylic acids is 1. The summed E-state index contributed by atoms with van der Waals surface area (Å²) in [4.78, 5) is 15.7. The zero-order valence-electron chi connectivity index (χ0n) is 19.3. The molecule has 2 aliphatic rings. The molecule has 1 fully saturated rings. The number of rotatable bonds is 8. The molecule has 0 bridgehead atoms. The van der Waals surface area contributed by atoms with Crippen molar-refractivity contribution in [3.63, 3.8) is 0 Å². The van der Waals surface area contributed by atoms with Gasteiger partial charge in [0.1, 0.15) is 17.7 Å². The van der Waals surface area contributed by atoms with Crippen LogP contribution in [0.1, 0.15) is 42.4 Å². The Morgan fingerprint density at radius 1 is 1.18 bits per heavy atom. The molecule has 1 saturated carbocycles. The number of fused-ring (bicyclic) bond motifs is 1. The van der Waals surface area contributed by atoms with Crippen LogP contribution in [-0.4, -0.2) is 29.3 Å². The molecule has 0 spiro atoms. The maximum absolute atomic E-state index is 15.0. The van der Waals surface area contributed by atoms with E-state index in [2.05, 4.69) is 4.98 Å². The number of benzene rings is 2. The summed E-state index contributed by atoms with van der Waals surface area (Å²) in [6, 6.07) is 15.0. The number of hydrogen-bond donors (Lipinski definition) is 1. The van der Waals surface area contributed by atoms with E-state index in [0.717, 1.165) is 40.8 Å². The molecule has 2 heterocycles. The number of halogens is 1. The molecule has 1 aromatic heterocycles. The highest BCUT2D eigenvalue weighted by atomic mass is 19.1. The fraction of sp³-hybridized carbons (Fsp3) is 0.357. The van der Waals surface area contributed by atoms with Crippen LogP contribution in [-0.2, 0) is 17.6 Å². The van der Waals surface area contributed by atoms with Crippen LogP contribution in [0.3, 0.4) is 0 Å². The third-order valence-electron chi connectivity index (χ3n) is 7.05. The van der Waals surface area contributed by atoms with Crippen LogP contribution < -0.4 is 9.47 Å². The quantitative estimate of drug-likeness (QED) is 0.469. The maximum Gasteiger partial charge on any atom is 0.306 e. The lowest BCUT2D eigenvalue weighted by Crippen LogP contribution is -2.20. The van der Waals surface area contributed by atoms with E-state index in [9.17, 15) is 14.3 Å². The molecule has 1 aliphatic carbocycles. The molecule has 0 saturated heterocycles. The first-order valence-corrected chi connectivity index (χ1v) is 11.7. The van der Waals surface area contributed by atoms with Crippen molar-refractivity contribution < 1.29 is 23.8 Å². The van der Waals surface area contributed by atoms with Crippen molar-refractivity contribution >= 4 is 5.97 Å². The van der Waals surface area contributed by atoms with Crippen LogP contribution in [0.2, 0.25) is 0 Å². The molecule has 6 heteroatoms. The van der Waals surface area contributed by atoms with Crippen LogP contribution in [0.4, 0.5) is 4.39 Å². The molecule has 3 unspecified atom stereocenters. The zero-order chi connectivity index (χ0) is 23.8. The van der Waals surface area contributed by atoms with Gasteiger partial charge in [-0.05, 0) is 70.7 Å². The summed E-state index contributed by atoms with van der Waals surface area (Å²) in [7, 11) is 1.55. The number of ether oxygens (including phenoxy) is 2. The number of carboxylic acid groups (broad SMARTS) is 1. The summed E-state index contributed by atoms with van der Waals surface area (Å²) in [6.45, 7) is 1.79. The normalized spacial score (nSPS) is 18.6. The Hall–Kier alpha value is -3.41. The van der Waals surface area contributed by atoms with E-state index in [1.807, 2.05) is 36.4 Å². The molecule has 34 heavy (non-hydrogen) atoms. The van der Waals surface area contributed by atoms with E-state index in [1.165, 1.54) is 6.07 Å². The Morgan fingerprint density at radius 2 is 1.97 bits per heavy atom. The van der Waals surface area contributed by atoms with Gasteiger partial charge in [0.2, 0.25) is 5.88 Å². The molecular formula is C28H28FNO4. The number of pyridine rings is 1. The van der Waals surface area contributed by atoms with E-state index in [1.54, 1.807) is 26.3 Å². The third-order valence-corrected chi connectivity index (χ3v) is 7.05. The van der Waals surface area contributed by atoms with Crippen molar-refractivity contribution in [2.45, 2.75) is 44.6 Å². The van der Waals surface area contributed by atoms with Crippen molar-refractivity contribution in [2.75, 3.05) is 7.11 Å². The lowest BCUT2D eigenvalue weighted by molar-refractivity contribution is -0.142. The average molecular weight is 462 g/mol. The predicted molar refractivity (Wildman–Crippen MR) is 127 cm³/mol. The Bertz CT molecular complexity index is 1220. The van der Waals surface area contributed by atoms with Crippen molar-refractivity contribution in [2.24, 2.45) is 11.8 Å². The summed E-state index contributed by atoms with van der Waals surface area (Å²) in [5, 5.41) is 9.56. The van der Waals surface area contributed by atoms with Crippen LogP contribution in [0, 0.1) is 17.7 Å². The second-order valence-corrected chi connectivity index (χ2v) is 9.40. The fourth-order valence-electron chi connectivity index (χ4n) is 5.05. The number of nitrogens with zero attached hydrogens (tertiary/aromatic N) is 1. The van der Waals surface area contributed by atoms with Crippen molar-refractivity contribution in [3.05, 3.63) is 77.2 Å². The molecule has 1 N–H and O–H groups in total. The zero-order valence-corrected chi connectivity index (χ0v) is 19.3. The molecule has 0 radical (unpaired) electrons. The monoisotopic (exact) mass is 461 g/mol. The van der Waals surface area contributed by atoms with E-state index >= 15 is 0 Å². The molecule has 1 aliphatic heterocycles. The van der Waals surface area contributed by atoms with E-state index < -0.39 is 11.9 Å². The third kappa shape index (κ3) is 4.49. The van der Waals surface area contributed by atoms with Gasteiger partial charge in [-0.25, -0.2) is 9.37 Å². The second kappa shape index (κ2) is 9.09. The molecular weight excluding hydrogens is 433 g/mol. The van der Waals surface area contributed by atoms with Gasteiger partial charge in [0.15, 0.2) is 0 Å². The topological polar surface area (TPSA) is 68.7 Å². The van der Waals surface area contributed by atoms with Crippen LogP contribution >= 0.6 is 0 Å². The minimum atomic E-state index is -0.764. The molecule has 2 aromatic carbocycles. The minimum Gasteiger partial charge on any atom is -0.489 e. The molecule has 0 amide bonds. The summed E-state index contributed by atoms with van der Waals surface area (Å²) < 4.78 is 26.3. The van der Waals surface area contributed by atoms with E-state index in [4.69, 9.17) is 9.47 Å². The molecule has 5 nitrogen and oxygen atoms in total. The van der Waals surface area contributed by atoms with Gasteiger partial charge in [-0.2, -0.15) is 0 Å². The standard InChI is InChI=1S/C28H28FNO4/c1-16(28(31)32)27(17-3-4-17)22-8-7-21-12-23(34-25(21)14-22)11-20-6-5-18(13-24(20)29)19-9-10-30-26(15-19)33-2/h5-10,13-17,23,27H,3-4,11-12H2,1-2H3,(H,31,32). The minimum absolute atomic E-state index is 0.00208. The highest BCUT2D eigenvalue weighted by Gasteiger charge is 2.39.